The molecule has 7 nitrogen and oxygen atoms in total. The Morgan fingerprint density at radius 2 is 1.85 bits per heavy atom. The first-order chi connectivity index (χ1) is 16.5. The maximum atomic E-state index is 13.3. The van der Waals surface area contributed by atoms with Crippen molar-refractivity contribution in [1.82, 2.24) is 20.5 Å². The van der Waals surface area contributed by atoms with Gasteiger partial charge in [0.05, 0.1) is 5.69 Å². The van der Waals surface area contributed by atoms with Crippen LogP contribution in [0.1, 0.15) is 43.0 Å². The number of carbonyl (C=O) groups excluding carboxylic acids is 2. The van der Waals surface area contributed by atoms with Crippen molar-refractivity contribution < 1.29 is 9.59 Å². The van der Waals surface area contributed by atoms with E-state index in [4.69, 9.17) is 11.6 Å². The fraction of sp³-hybridized carbons (Fsp3) is 0.462. The fourth-order valence-electron chi connectivity index (χ4n) is 5.65. The van der Waals surface area contributed by atoms with Crippen LogP contribution < -0.4 is 16.2 Å². The van der Waals surface area contributed by atoms with E-state index in [1.54, 1.807) is 0 Å². The summed E-state index contributed by atoms with van der Waals surface area (Å²) in [7, 11) is 0. The van der Waals surface area contributed by atoms with Gasteiger partial charge in [-0.05, 0) is 60.6 Å². The van der Waals surface area contributed by atoms with Crippen molar-refractivity contribution in [3.63, 3.8) is 0 Å². The Kier molecular flexibility index (Phi) is 4.54. The van der Waals surface area contributed by atoms with Gasteiger partial charge in [0.15, 0.2) is 0 Å². The summed E-state index contributed by atoms with van der Waals surface area (Å²) in [4.78, 5) is 29.6. The van der Waals surface area contributed by atoms with Crippen LogP contribution in [-0.4, -0.2) is 46.8 Å². The minimum absolute atomic E-state index is 0.184. The van der Waals surface area contributed by atoms with Crippen molar-refractivity contribution >= 4 is 29.1 Å². The molecule has 2 saturated carbocycles. The highest BCUT2D eigenvalue weighted by atomic mass is 35.5. The highest BCUT2D eigenvalue weighted by Crippen LogP contribution is 2.48. The van der Waals surface area contributed by atoms with Crippen LogP contribution in [0.3, 0.4) is 0 Å². The third-order valence-electron chi connectivity index (χ3n) is 8.03. The van der Waals surface area contributed by atoms with E-state index in [0.717, 1.165) is 67.7 Å². The lowest BCUT2D eigenvalue weighted by atomic mass is 9.97. The minimum atomic E-state index is -0.417. The van der Waals surface area contributed by atoms with E-state index in [0.29, 0.717) is 23.4 Å². The molecule has 1 unspecified atom stereocenters. The number of halogens is 1. The van der Waals surface area contributed by atoms with Gasteiger partial charge in [0, 0.05) is 48.6 Å². The second-order valence-electron chi connectivity index (χ2n) is 10.6. The molecule has 2 aromatic rings. The second kappa shape index (κ2) is 7.44. The van der Waals surface area contributed by atoms with Crippen molar-refractivity contribution in [3.8, 4) is 11.1 Å². The van der Waals surface area contributed by atoms with E-state index in [9.17, 15) is 9.59 Å². The van der Waals surface area contributed by atoms with Crippen LogP contribution in [0.15, 0.2) is 36.4 Å². The largest absolute Gasteiger partial charge is 0.342 e. The van der Waals surface area contributed by atoms with E-state index in [1.807, 2.05) is 15.9 Å². The van der Waals surface area contributed by atoms with Crippen molar-refractivity contribution in [3.05, 3.63) is 52.5 Å². The summed E-state index contributed by atoms with van der Waals surface area (Å²) >= 11 is 6.84. The van der Waals surface area contributed by atoms with Crippen molar-refractivity contribution in [2.75, 3.05) is 25.1 Å². The Labute approximate surface area is 203 Å². The molecule has 1 atom stereocenters. The van der Waals surface area contributed by atoms with Gasteiger partial charge < -0.3 is 15.2 Å². The van der Waals surface area contributed by atoms with Gasteiger partial charge >= 0.3 is 0 Å². The Balaban J connectivity index is 1.11. The zero-order valence-corrected chi connectivity index (χ0v) is 19.7. The molecule has 3 heterocycles. The van der Waals surface area contributed by atoms with E-state index >= 15 is 0 Å². The second-order valence-corrected chi connectivity index (χ2v) is 11.0. The topological polar surface area (TPSA) is 76.7 Å². The number of hydrazine groups is 1. The number of carbonyl (C=O) groups is 2. The predicted molar refractivity (Wildman–Crippen MR) is 130 cm³/mol. The predicted octanol–water partition coefficient (Wildman–Crippen LogP) is 3.27. The molecule has 0 bridgehead atoms. The molecule has 2 amide bonds. The number of amides is 2. The first kappa shape index (κ1) is 20.7. The fourth-order valence-corrected chi connectivity index (χ4v) is 5.93. The number of anilines is 1. The zero-order valence-electron chi connectivity index (χ0n) is 18.9. The number of likely N-dealkylation sites (tertiary alicyclic amines) is 1. The molecular formula is C26H28ClN5O2. The van der Waals surface area contributed by atoms with Crippen molar-refractivity contribution in [1.29, 1.82) is 0 Å². The smallest absolute Gasteiger partial charge is 0.244 e. The molecule has 1 spiro atoms. The monoisotopic (exact) mass is 477 g/mol. The summed E-state index contributed by atoms with van der Waals surface area (Å²) in [5.41, 5.74) is 11.4. The Bertz CT molecular complexity index is 1200. The number of nitrogens with one attached hydrogen (secondary N) is 3. The molecule has 0 radical (unpaired) electrons. The normalized spacial score (nSPS) is 24.9. The summed E-state index contributed by atoms with van der Waals surface area (Å²) in [5.74, 6) is 1.07. The molecule has 5 aliphatic rings. The first-order valence-corrected chi connectivity index (χ1v) is 12.7. The molecule has 8 heteroatoms. The summed E-state index contributed by atoms with van der Waals surface area (Å²) in [6.07, 6.45) is 3.60. The molecule has 2 saturated heterocycles. The molecule has 3 N–H and O–H groups in total. The molecule has 0 aromatic heterocycles. The number of rotatable bonds is 5. The van der Waals surface area contributed by atoms with Gasteiger partial charge in [-0.25, -0.2) is 5.43 Å². The third-order valence-corrected chi connectivity index (χ3v) is 8.36. The summed E-state index contributed by atoms with van der Waals surface area (Å²) in [5, 5.41) is 4.27. The molecule has 2 aromatic carbocycles. The summed E-state index contributed by atoms with van der Waals surface area (Å²) in [6, 6.07) is 12.5. The number of hydrogen-bond acceptors (Lipinski definition) is 5. The van der Waals surface area contributed by atoms with Crippen LogP contribution in [-0.2, 0) is 16.1 Å². The molecule has 2 aliphatic carbocycles. The Morgan fingerprint density at radius 3 is 2.59 bits per heavy atom. The average molecular weight is 478 g/mol. The molecule has 34 heavy (non-hydrogen) atoms. The lowest BCUT2D eigenvalue weighted by molar-refractivity contribution is -0.140. The molecule has 7 rings (SSSR count). The standard InChI is InChI=1S/C26H28ClN5O2/c27-21-10-18(17-4-6-22-19(9-17)11-28-30-22)3-5-20(21)23-29-26(7-8-26)25(34)32(23)14-15-12-31(13-15)24(33)16-1-2-16/h3-6,9-10,15-16,23,28-30H,1-2,7-8,11-14H2. The van der Waals surface area contributed by atoms with Gasteiger partial charge in [0.1, 0.15) is 11.7 Å². The lowest BCUT2D eigenvalue weighted by Crippen LogP contribution is -2.55. The van der Waals surface area contributed by atoms with E-state index in [1.165, 1.54) is 5.56 Å². The van der Waals surface area contributed by atoms with Gasteiger partial charge in [-0.2, -0.15) is 0 Å². The molecule has 4 fully saturated rings. The van der Waals surface area contributed by atoms with E-state index in [-0.39, 0.29) is 18.0 Å². The number of benzene rings is 2. The van der Waals surface area contributed by atoms with Crippen LogP contribution in [0.4, 0.5) is 5.69 Å². The van der Waals surface area contributed by atoms with Crippen molar-refractivity contribution in [2.45, 2.75) is 43.9 Å². The van der Waals surface area contributed by atoms with Crippen molar-refractivity contribution in [2.24, 2.45) is 11.8 Å². The molecular weight excluding hydrogens is 450 g/mol. The SMILES string of the molecule is O=C(C1CC1)N1CC(CN2C(=O)C3(CC3)NC2c2ccc(-c3ccc4c(c3)CNN4)cc2Cl)C1. The van der Waals surface area contributed by atoms with Crippen LogP contribution in [0.5, 0.6) is 0 Å². The van der Waals surface area contributed by atoms with Gasteiger partial charge in [-0.3, -0.25) is 14.9 Å². The summed E-state index contributed by atoms with van der Waals surface area (Å²) in [6.45, 7) is 2.97. The Morgan fingerprint density at radius 1 is 1.09 bits per heavy atom. The van der Waals surface area contributed by atoms with Crippen LogP contribution in [0, 0.1) is 11.8 Å². The van der Waals surface area contributed by atoms with Gasteiger partial charge in [0.2, 0.25) is 11.8 Å². The first-order valence-electron chi connectivity index (χ1n) is 12.3. The van der Waals surface area contributed by atoms with Gasteiger partial charge in [-0.1, -0.05) is 29.8 Å². The highest BCUT2D eigenvalue weighted by molar-refractivity contribution is 6.31. The van der Waals surface area contributed by atoms with Crippen LogP contribution in [0.25, 0.3) is 11.1 Å². The minimum Gasteiger partial charge on any atom is -0.342 e. The highest BCUT2D eigenvalue weighted by Gasteiger charge is 2.60. The molecule has 176 valence electrons. The number of hydrogen-bond donors (Lipinski definition) is 3. The van der Waals surface area contributed by atoms with Crippen LogP contribution >= 0.6 is 11.6 Å². The number of fused-ring (bicyclic) bond motifs is 1. The number of nitrogens with zero attached hydrogens (tertiary/aromatic N) is 2. The Hall–Kier alpha value is -2.61. The van der Waals surface area contributed by atoms with Gasteiger partial charge in [-0.15, -0.1) is 0 Å². The van der Waals surface area contributed by atoms with E-state index in [2.05, 4.69) is 46.5 Å². The van der Waals surface area contributed by atoms with Gasteiger partial charge in [0.25, 0.3) is 0 Å². The van der Waals surface area contributed by atoms with E-state index < -0.39 is 5.54 Å². The maximum absolute atomic E-state index is 13.3. The third kappa shape index (κ3) is 3.33. The van der Waals surface area contributed by atoms with Crippen LogP contribution in [0.2, 0.25) is 5.02 Å². The maximum Gasteiger partial charge on any atom is 0.244 e. The zero-order chi connectivity index (χ0) is 23.0. The lowest BCUT2D eigenvalue weighted by Gasteiger charge is -2.42. The summed E-state index contributed by atoms with van der Waals surface area (Å²) < 4.78 is 0. The quantitative estimate of drug-likeness (QED) is 0.616. The molecule has 3 aliphatic heterocycles. The average Bonchev–Trinajstić information content (AvgIpc) is 3.72.